The summed E-state index contributed by atoms with van der Waals surface area (Å²) in [6, 6.07) is 4.01. The number of benzene rings is 1. The molecule has 1 aromatic rings. The fourth-order valence-electron chi connectivity index (χ4n) is 1.82. The molecule has 2 N–H and O–H groups in total. The first-order chi connectivity index (χ1) is 9.57. The van der Waals surface area contributed by atoms with Crippen LogP contribution in [0.4, 0.5) is 11.4 Å². The molecule has 1 aromatic carbocycles. The van der Waals surface area contributed by atoms with Crippen molar-refractivity contribution >= 4 is 17.3 Å². The van der Waals surface area contributed by atoms with Gasteiger partial charge in [-0.05, 0) is 25.3 Å². The summed E-state index contributed by atoms with van der Waals surface area (Å²) in [4.78, 5) is 21.4. The lowest BCUT2D eigenvalue weighted by Gasteiger charge is -2.09. The van der Waals surface area contributed by atoms with Gasteiger partial charge in [0.2, 0.25) is 0 Å². The number of anilines is 1. The van der Waals surface area contributed by atoms with Crippen LogP contribution in [0.15, 0.2) is 18.2 Å². The average Bonchev–Trinajstić information content (AvgIpc) is 2.42. The first kappa shape index (κ1) is 15.9. The number of unbranched alkanes of at least 4 members (excludes halogenated alkanes) is 2. The number of nitro groups is 1. The molecule has 0 heterocycles. The second-order valence-electron chi connectivity index (χ2n) is 4.24. The maximum atomic E-state index is 11.1. The van der Waals surface area contributed by atoms with Crippen LogP contribution in [0.5, 0.6) is 0 Å². The molecule has 0 unspecified atom stereocenters. The lowest BCUT2D eigenvalue weighted by Crippen LogP contribution is -2.10. The molecule has 1 rings (SSSR count). The van der Waals surface area contributed by atoms with Gasteiger partial charge in [0.1, 0.15) is 5.69 Å². The number of rotatable bonds is 9. The van der Waals surface area contributed by atoms with Crippen LogP contribution in [0.3, 0.4) is 0 Å². The van der Waals surface area contributed by atoms with Gasteiger partial charge in [-0.1, -0.05) is 6.07 Å². The van der Waals surface area contributed by atoms with Crippen molar-refractivity contribution in [3.05, 3.63) is 33.9 Å². The summed E-state index contributed by atoms with van der Waals surface area (Å²) < 4.78 is 4.92. The first-order valence-corrected chi connectivity index (χ1v) is 6.31. The smallest absolute Gasteiger partial charge is 0.338 e. The third kappa shape index (κ3) is 4.51. The van der Waals surface area contributed by atoms with Crippen LogP contribution >= 0.6 is 0 Å². The van der Waals surface area contributed by atoms with Crippen molar-refractivity contribution in [2.45, 2.75) is 19.3 Å². The molecule has 0 spiro atoms. The Kier molecular flexibility index (Phi) is 6.45. The van der Waals surface area contributed by atoms with Gasteiger partial charge in [0.05, 0.1) is 10.5 Å². The molecule has 7 nitrogen and oxygen atoms in total. The number of nitrogens with one attached hydrogen (secondary N) is 1. The predicted molar refractivity (Wildman–Crippen MR) is 74.3 cm³/mol. The third-order valence-corrected chi connectivity index (χ3v) is 2.80. The highest BCUT2D eigenvalue weighted by atomic mass is 16.6. The zero-order chi connectivity index (χ0) is 15.0. The number of nitro benzene ring substituents is 1. The van der Waals surface area contributed by atoms with Crippen LogP contribution in [0.2, 0.25) is 0 Å². The summed E-state index contributed by atoms with van der Waals surface area (Å²) in [6.07, 6.45) is 2.60. The van der Waals surface area contributed by atoms with Crippen molar-refractivity contribution in [2.75, 3.05) is 25.6 Å². The van der Waals surface area contributed by atoms with Crippen molar-refractivity contribution in [1.82, 2.24) is 0 Å². The minimum Gasteiger partial charge on any atom is -0.478 e. The van der Waals surface area contributed by atoms with E-state index in [4.69, 9.17) is 9.84 Å². The van der Waals surface area contributed by atoms with Crippen molar-refractivity contribution in [3.63, 3.8) is 0 Å². The van der Waals surface area contributed by atoms with Crippen LogP contribution in [-0.4, -0.2) is 36.3 Å². The van der Waals surface area contributed by atoms with E-state index in [2.05, 4.69) is 5.32 Å². The van der Waals surface area contributed by atoms with Crippen LogP contribution in [0.1, 0.15) is 29.6 Å². The van der Waals surface area contributed by atoms with Crippen LogP contribution in [0.25, 0.3) is 0 Å². The van der Waals surface area contributed by atoms with E-state index in [1.807, 2.05) is 0 Å². The molecule has 0 saturated heterocycles. The van der Waals surface area contributed by atoms with E-state index in [9.17, 15) is 14.9 Å². The summed E-state index contributed by atoms with van der Waals surface area (Å²) in [6.45, 7) is 1.15. The Morgan fingerprint density at radius 2 is 2.15 bits per heavy atom. The van der Waals surface area contributed by atoms with E-state index < -0.39 is 10.9 Å². The molecular weight excluding hydrogens is 264 g/mol. The maximum Gasteiger partial charge on any atom is 0.338 e. The van der Waals surface area contributed by atoms with Crippen molar-refractivity contribution < 1.29 is 19.6 Å². The molecule has 0 atom stereocenters. The van der Waals surface area contributed by atoms with E-state index in [0.717, 1.165) is 19.3 Å². The van der Waals surface area contributed by atoms with Gasteiger partial charge in [0.25, 0.3) is 5.69 Å². The van der Waals surface area contributed by atoms with Crippen molar-refractivity contribution in [1.29, 1.82) is 0 Å². The minimum absolute atomic E-state index is 0.0664. The molecule has 0 amide bonds. The quantitative estimate of drug-likeness (QED) is 0.410. The fraction of sp³-hybridized carbons (Fsp3) is 0.462. The van der Waals surface area contributed by atoms with Crippen molar-refractivity contribution in [3.8, 4) is 0 Å². The predicted octanol–water partition coefficient (Wildman–Crippen LogP) is 2.52. The zero-order valence-electron chi connectivity index (χ0n) is 11.3. The third-order valence-electron chi connectivity index (χ3n) is 2.80. The Morgan fingerprint density at radius 1 is 1.40 bits per heavy atom. The molecule has 0 aromatic heterocycles. The first-order valence-electron chi connectivity index (χ1n) is 6.31. The van der Waals surface area contributed by atoms with Gasteiger partial charge >= 0.3 is 5.97 Å². The number of carboxylic acid groups (broad SMARTS) is 1. The van der Waals surface area contributed by atoms with E-state index in [1.54, 1.807) is 7.11 Å². The molecule has 0 aliphatic heterocycles. The van der Waals surface area contributed by atoms with E-state index in [0.29, 0.717) is 13.2 Å². The minimum atomic E-state index is -1.18. The number of methoxy groups -OCH3 is 1. The monoisotopic (exact) mass is 282 g/mol. The highest BCUT2D eigenvalue weighted by molar-refractivity contribution is 5.96. The highest BCUT2D eigenvalue weighted by Crippen LogP contribution is 2.28. The maximum absolute atomic E-state index is 11.1. The molecule has 0 aliphatic carbocycles. The molecule has 0 bridgehead atoms. The van der Waals surface area contributed by atoms with Gasteiger partial charge in [-0.15, -0.1) is 0 Å². The van der Waals surface area contributed by atoms with E-state index in [-0.39, 0.29) is 16.9 Å². The second kappa shape index (κ2) is 8.11. The summed E-state index contributed by atoms with van der Waals surface area (Å²) in [5.41, 5.74) is -0.241. The standard InChI is InChI=1S/C13H18N2O5/c1-20-9-4-2-3-8-14-12-10(13(16)17)6-5-7-11(12)15(18)19/h5-7,14H,2-4,8-9H2,1H3,(H,16,17). The lowest BCUT2D eigenvalue weighted by molar-refractivity contribution is -0.384. The number of carboxylic acids is 1. The molecule has 0 radical (unpaired) electrons. The van der Waals surface area contributed by atoms with Gasteiger partial charge in [0.15, 0.2) is 0 Å². The SMILES string of the molecule is COCCCCCNc1c(C(=O)O)cccc1[N+](=O)[O-]. The Labute approximate surface area is 116 Å². The molecular formula is C13H18N2O5. The molecule has 0 fully saturated rings. The van der Waals surface area contributed by atoms with Gasteiger partial charge < -0.3 is 15.2 Å². The summed E-state index contributed by atoms with van der Waals surface area (Å²) >= 11 is 0. The fourth-order valence-corrected chi connectivity index (χ4v) is 1.82. The van der Waals surface area contributed by atoms with E-state index in [1.165, 1.54) is 18.2 Å². The molecule has 20 heavy (non-hydrogen) atoms. The molecule has 7 heteroatoms. The Bertz CT molecular complexity index is 444. The molecule has 0 saturated carbocycles. The number of ether oxygens (including phenoxy) is 1. The van der Waals surface area contributed by atoms with E-state index >= 15 is 0 Å². The lowest BCUT2D eigenvalue weighted by atomic mass is 10.1. The number of hydrogen-bond donors (Lipinski definition) is 2. The second-order valence-corrected chi connectivity index (χ2v) is 4.24. The van der Waals surface area contributed by atoms with Crippen molar-refractivity contribution in [2.24, 2.45) is 0 Å². The van der Waals surface area contributed by atoms with Gasteiger partial charge in [-0.3, -0.25) is 10.1 Å². The van der Waals surface area contributed by atoms with Gasteiger partial charge in [0, 0.05) is 26.3 Å². The van der Waals surface area contributed by atoms with Crippen LogP contribution < -0.4 is 5.32 Å². The number of hydrogen-bond acceptors (Lipinski definition) is 5. The topological polar surface area (TPSA) is 102 Å². The molecule has 0 aliphatic rings. The van der Waals surface area contributed by atoms with Gasteiger partial charge in [-0.2, -0.15) is 0 Å². The number of nitrogens with zero attached hydrogens (tertiary/aromatic N) is 1. The Hall–Kier alpha value is -2.15. The number of aromatic carboxylic acids is 1. The number of para-hydroxylation sites is 1. The summed E-state index contributed by atoms with van der Waals surface area (Å²) in [7, 11) is 1.63. The largest absolute Gasteiger partial charge is 0.478 e. The Morgan fingerprint density at radius 3 is 2.75 bits per heavy atom. The average molecular weight is 282 g/mol. The Balaban J connectivity index is 2.71. The van der Waals surface area contributed by atoms with Crippen LogP contribution in [0, 0.1) is 10.1 Å². The normalized spacial score (nSPS) is 10.2. The zero-order valence-corrected chi connectivity index (χ0v) is 11.3. The van der Waals surface area contributed by atoms with Gasteiger partial charge in [-0.25, -0.2) is 4.79 Å². The van der Waals surface area contributed by atoms with Crippen LogP contribution in [-0.2, 0) is 4.74 Å². The molecule has 110 valence electrons. The number of carbonyl (C=O) groups is 1. The summed E-state index contributed by atoms with van der Waals surface area (Å²) in [5.74, 6) is -1.18. The highest BCUT2D eigenvalue weighted by Gasteiger charge is 2.20. The summed E-state index contributed by atoms with van der Waals surface area (Å²) in [5, 5.41) is 22.9.